The van der Waals surface area contributed by atoms with Gasteiger partial charge in [-0.1, -0.05) is 25.0 Å². The molecule has 1 aliphatic heterocycles. The highest BCUT2D eigenvalue weighted by Crippen LogP contribution is 2.29. The SMILES string of the molecule is CN=C(NCCN1CCN(C(=O)C2CCCC2)CC1)NCc1cccc(C(F)(F)F)c1.I. The zero-order valence-corrected chi connectivity index (χ0v) is 20.8. The Hall–Kier alpha value is -1.56. The van der Waals surface area contributed by atoms with Gasteiger partial charge in [0.15, 0.2) is 5.96 Å². The molecule has 32 heavy (non-hydrogen) atoms. The first-order valence-corrected chi connectivity index (χ1v) is 11.0. The van der Waals surface area contributed by atoms with Gasteiger partial charge in [-0.25, -0.2) is 0 Å². The fourth-order valence-corrected chi connectivity index (χ4v) is 4.22. The van der Waals surface area contributed by atoms with Gasteiger partial charge in [-0.2, -0.15) is 13.2 Å². The second-order valence-electron chi connectivity index (χ2n) is 8.20. The molecule has 1 amide bonds. The van der Waals surface area contributed by atoms with Crippen molar-refractivity contribution in [3.63, 3.8) is 0 Å². The number of aliphatic imine (C=N–C) groups is 1. The number of nitrogens with zero attached hydrogens (tertiary/aromatic N) is 3. The summed E-state index contributed by atoms with van der Waals surface area (Å²) in [4.78, 5) is 21.0. The minimum atomic E-state index is -4.35. The zero-order valence-electron chi connectivity index (χ0n) is 18.5. The van der Waals surface area contributed by atoms with Crippen LogP contribution in [0.1, 0.15) is 36.8 Å². The van der Waals surface area contributed by atoms with Crippen LogP contribution in [0.4, 0.5) is 13.2 Å². The summed E-state index contributed by atoms with van der Waals surface area (Å²) in [6.45, 7) is 5.00. The van der Waals surface area contributed by atoms with E-state index < -0.39 is 11.7 Å². The van der Waals surface area contributed by atoms with Crippen molar-refractivity contribution in [1.29, 1.82) is 0 Å². The van der Waals surface area contributed by atoms with Crippen molar-refractivity contribution >= 4 is 35.8 Å². The monoisotopic (exact) mass is 567 g/mol. The third-order valence-electron chi connectivity index (χ3n) is 6.05. The van der Waals surface area contributed by atoms with Crippen molar-refractivity contribution in [2.45, 2.75) is 38.4 Å². The van der Waals surface area contributed by atoms with Gasteiger partial charge in [0.25, 0.3) is 0 Å². The number of piperazine rings is 1. The van der Waals surface area contributed by atoms with E-state index in [4.69, 9.17) is 0 Å². The lowest BCUT2D eigenvalue weighted by Crippen LogP contribution is -2.51. The van der Waals surface area contributed by atoms with Crippen molar-refractivity contribution in [3.05, 3.63) is 35.4 Å². The number of alkyl halides is 3. The molecule has 1 aromatic carbocycles. The molecular weight excluding hydrogens is 534 g/mol. The van der Waals surface area contributed by atoms with Gasteiger partial charge in [-0.05, 0) is 30.5 Å². The Kier molecular flexibility index (Phi) is 10.5. The van der Waals surface area contributed by atoms with Crippen LogP contribution in [0.2, 0.25) is 0 Å². The molecule has 0 bridgehead atoms. The topological polar surface area (TPSA) is 60.0 Å². The maximum Gasteiger partial charge on any atom is 0.416 e. The number of hydrogen-bond donors (Lipinski definition) is 2. The predicted octanol–water partition coefficient (Wildman–Crippen LogP) is 3.32. The van der Waals surface area contributed by atoms with E-state index in [2.05, 4.69) is 20.5 Å². The lowest BCUT2D eigenvalue weighted by Gasteiger charge is -2.36. The first kappa shape index (κ1) is 26.7. The Morgan fingerprint density at radius 3 is 2.44 bits per heavy atom. The van der Waals surface area contributed by atoms with E-state index >= 15 is 0 Å². The number of amides is 1. The smallest absolute Gasteiger partial charge is 0.355 e. The summed E-state index contributed by atoms with van der Waals surface area (Å²) in [5.41, 5.74) is -0.110. The van der Waals surface area contributed by atoms with Crippen LogP contribution in [0.3, 0.4) is 0 Å². The molecule has 1 heterocycles. The maximum absolute atomic E-state index is 12.8. The van der Waals surface area contributed by atoms with Gasteiger partial charge in [0, 0.05) is 58.8 Å². The van der Waals surface area contributed by atoms with Crippen LogP contribution in [0.15, 0.2) is 29.3 Å². The van der Waals surface area contributed by atoms with Crippen molar-refractivity contribution in [2.75, 3.05) is 46.3 Å². The highest BCUT2D eigenvalue weighted by atomic mass is 127. The number of nitrogens with one attached hydrogen (secondary N) is 2. The van der Waals surface area contributed by atoms with Gasteiger partial charge in [0.05, 0.1) is 5.56 Å². The number of benzene rings is 1. The van der Waals surface area contributed by atoms with E-state index in [9.17, 15) is 18.0 Å². The molecule has 10 heteroatoms. The van der Waals surface area contributed by atoms with E-state index in [0.717, 1.165) is 57.7 Å². The normalized spacial score (nSPS) is 18.4. The average molecular weight is 567 g/mol. The molecule has 0 aromatic heterocycles. The summed E-state index contributed by atoms with van der Waals surface area (Å²) in [7, 11) is 1.63. The molecule has 2 N–H and O–H groups in total. The molecule has 3 rings (SSSR count). The number of guanidine groups is 1. The molecule has 2 aliphatic rings. The quantitative estimate of drug-likeness (QED) is 0.315. The molecule has 0 atom stereocenters. The minimum absolute atomic E-state index is 0. The number of rotatable bonds is 6. The van der Waals surface area contributed by atoms with Gasteiger partial charge < -0.3 is 15.5 Å². The van der Waals surface area contributed by atoms with Gasteiger partial charge in [0.2, 0.25) is 5.91 Å². The first-order chi connectivity index (χ1) is 14.9. The zero-order chi connectivity index (χ0) is 22.3. The van der Waals surface area contributed by atoms with Crippen LogP contribution in [0.25, 0.3) is 0 Å². The molecule has 1 aromatic rings. The van der Waals surface area contributed by atoms with Gasteiger partial charge in [-0.3, -0.25) is 14.7 Å². The van der Waals surface area contributed by atoms with Crippen LogP contribution in [0.5, 0.6) is 0 Å². The van der Waals surface area contributed by atoms with Gasteiger partial charge >= 0.3 is 6.18 Å². The van der Waals surface area contributed by atoms with Crippen LogP contribution in [0, 0.1) is 5.92 Å². The van der Waals surface area contributed by atoms with Gasteiger partial charge in [0.1, 0.15) is 0 Å². The average Bonchev–Trinajstić information content (AvgIpc) is 3.30. The fraction of sp³-hybridized carbons (Fsp3) is 0.636. The summed E-state index contributed by atoms with van der Waals surface area (Å²) in [6, 6.07) is 5.28. The van der Waals surface area contributed by atoms with Crippen molar-refractivity contribution in [3.8, 4) is 0 Å². The third kappa shape index (κ3) is 7.79. The second-order valence-corrected chi connectivity index (χ2v) is 8.20. The molecular formula is C22H33F3IN5O. The summed E-state index contributed by atoms with van der Waals surface area (Å²) in [5, 5.41) is 6.26. The number of carbonyl (C=O) groups excluding carboxylic acids is 1. The van der Waals surface area contributed by atoms with Crippen LogP contribution in [-0.2, 0) is 17.5 Å². The summed E-state index contributed by atoms with van der Waals surface area (Å²) < 4.78 is 38.5. The highest BCUT2D eigenvalue weighted by Gasteiger charge is 2.30. The Morgan fingerprint density at radius 2 is 1.81 bits per heavy atom. The molecule has 180 valence electrons. The minimum Gasteiger partial charge on any atom is -0.355 e. The van der Waals surface area contributed by atoms with E-state index in [1.807, 2.05) is 4.90 Å². The summed E-state index contributed by atoms with van der Waals surface area (Å²) in [5.74, 6) is 1.11. The van der Waals surface area contributed by atoms with E-state index in [-0.39, 0.29) is 36.4 Å². The Morgan fingerprint density at radius 1 is 1.12 bits per heavy atom. The van der Waals surface area contributed by atoms with Crippen molar-refractivity contribution < 1.29 is 18.0 Å². The van der Waals surface area contributed by atoms with E-state index in [0.29, 0.717) is 24.0 Å². The Balaban J connectivity index is 0.00000363. The molecule has 1 aliphatic carbocycles. The second kappa shape index (κ2) is 12.6. The molecule has 0 spiro atoms. The lowest BCUT2D eigenvalue weighted by atomic mass is 10.1. The first-order valence-electron chi connectivity index (χ1n) is 11.0. The van der Waals surface area contributed by atoms with Crippen molar-refractivity contribution in [2.24, 2.45) is 10.9 Å². The van der Waals surface area contributed by atoms with Crippen LogP contribution < -0.4 is 10.6 Å². The predicted molar refractivity (Wildman–Crippen MR) is 130 cm³/mol. The van der Waals surface area contributed by atoms with Crippen LogP contribution in [-0.4, -0.2) is 68.0 Å². The van der Waals surface area contributed by atoms with Gasteiger partial charge in [-0.15, -0.1) is 24.0 Å². The maximum atomic E-state index is 12.8. The fourth-order valence-electron chi connectivity index (χ4n) is 4.22. The van der Waals surface area contributed by atoms with E-state index in [1.54, 1.807) is 13.1 Å². The summed E-state index contributed by atoms with van der Waals surface area (Å²) in [6.07, 6.45) is 0.0726. The molecule has 1 saturated carbocycles. The largest absolute Gasteiger partial charge is 0.416 e. The Bertz CT molecular complexity index is 760. The number of halogens is 4. The molecule has 6 nitrogen and oxygen atoms in total. The molecule has 2 fully saturated rings. The summed E-state index contributed by atoms with van der Waals surface area (Å²) >= 11 is 0. The highest BCUT2D eigenvalue weighted by molar-refractivity contribution is 14.0. The van der Waals surface area contributed by atoms with Crippen LogP contribution >= 0.6 is 24.0 Å². The third-order valence-corrected chi connectivity index (χ3v) is 6.05. The van der Waals surface area contributed by atoms with Crippen molar-refractivity contribution in [1.82, 2.24) is 20.4 Å². The molecule has 0 unspecified atom stereocenters. The molecule has 0 radical (unpaired) electrons. The lowest BCUT2D eigenvalue weighted by molar-refractivity contribution is -0.138. The number of carbonyl (C=O) groups is 1. The number of hydrogen-bond acceptors (Lipinski definition) is 3. The Labute approximate surface area is 205 Å². The molecule has 1 saturated heterocycles. The standard InChI is InChI=1S/C22H32F3N5O.HI/c1-26-21(28-16-17-5-4-8-19(15-17)22(23,24)25)27-9-10-29-11-13-30(14-12-29)20(31)18-6-2-3-7-18;/h4-5,8,15,18H,2-3,6-7,9-14,16H2,1H3,(H2,26,27,28);1H. The van der Waals surface area contributed by atoms with E-state index in [1.165, 1.54) is 18.9 Å².